The predicted octanol–water partition coefficient (Wildman–Crippen LogP) is 10.6. The monoisotopic (exact) mass is 574 g/mol. The van der Waals surface area contributed by atoms with Crippen molar-refractivity contribution in [2.45, 2.75) is 96.9 Å². The number of nitrogens with one attached hydrogen (secondary N) is 1. The molecule has 0 aromatic heterocycles. The van der Waals surface area contributed by atoms with Crippen LogP contribution in [0.3, 0.4) is 0 Å². The van der Waals surface area contributed by atoms with Crippen LogP contribution in [0.1, 0.15) is 108 Å². The van der Waals surface area contributed by atoms with Gasteiger partial charge in [0, 0.05) is 29.7 Å². The zero-order chi connectivity index (χ0) is 29.8. The van der Waals surface area contributed by atoms with Gasteiger partial charge in [0.2, 0.25) is 0 Å². The van der Waals surface area contributed by atoms with Crippen LogP contribution in [0.2, 0.25) is 0 Å². The van der Waals surface area contributed by atoms with Gasteiger partial charge in [0.1, 0.15) is 0 Å². The minimum Gasteiger partial charge on any atom is -0.303 e. The van der Waals surface area contributed by atoms with Crippen molar-refractivity contribution in [2.24, 2.45) is 5.92 Å². The Labute approximate surface area is 261 Å². The van der Waals surface area contributed by atoms with E-state index < -0.39 is 0 Å². The van der Waals surface area contributed by atoms with E-state index in [-0.39, 0.29) is 0 Å². The molecule has 220 valence electrons. The molecule has 1 N–H and O–H groups in total. The van der Waals surface area contributed by atoms with E-state index in [1.54, 1.807) is 16.7 Å². The summed E-state index contributed by atoms with van der Waals surface area (Å²) < 4.78 is 0. The fourth-order valence-electron chi connectivity index (χ4n) is 10.6. The summed E-state index contributed by atoms with van der Waals surface area (Å²) in [4.78, 5) is 2.82. The molecule has 5 heterocycles. The molecule has 44 heavy (non-hydrogen) atoms. The summed E-state index contributed by atoms with van der Waals surface area (Å²) in [6.07, 6.45) is 5.06. The quantitative estimate of drug-likeness (QED) is 0.211. The third-order valence-corrected chi connectivity index (χ3v) is 12.8. The van der Waals surface area contributed by atoms with Crippen LogP contribution in [0.5, 0.6) is 0 Å². The molecule has 6 atom stereocenters. The van der Waals surface area contributed by atoms with Gasteiger partial charge in [0.15, 0.2) is 0 Å². The molecule has 2 nitrogen and oxygen atoms in total. The number of hydrogen-bond donors (Lipinski definition) is 1. The van der Waals surface area contributed by atoms with E-state index in [1.807, 2.05) is 0 Å². The van der Waals surface area contributed by atoms with Gasteiger partial charge in [-0.05, 0) is 155 Å². The van der Waals surface area contributed by atoms with E-state index in [4.69, 9.17) is 0 Å². The maximum absolute atomic E-state index is 4.02. The fourth-order valence-corrected chi connectivity index (χ4v) is 10.6. The summed E-state index contributed by atoms with van der Waals surface area (Å²) in [5.41, 5.74) is 18.1. The second-order valence-corrected chi connectivity index (χ2v) is 15.5. The van der Waals surface area contributed by atoms with E-state index in [0.29, 0.717) is 29.7 Å². The van der Waals surface area contributed by atoms with Gasteiger partial charge in [0.05, 0.1) is 0 Å². The van der Waals surface area contributed by atoms with Crippen LogP contribution in [-0.4, -0.2) is 10.4 Å². The second kappa shape index (κ2) is 8.42. The highest BCUT2D eigenvalue weighted by Crippen LogP contribution is 2.70. The molecule has 5 aromatic carbocycles. The van der Waals surface area contributed by atoms with Crippen LogP contribution in [-0.2, 0) is 0 Å². The first-order valence-corrected chi connectivity index (χ1v) is 17.0. The summed E-state index contributed by atoms with van der Waals surface area (Å²) in [7, 11) is 0. The van der Waals surface area contributed by atoms with Crippen LogP contribution in [0.25, 0.3) is 43.8 Å². The Kier molecular flexibility index (Phi) is 4.94. The Balaban J connectivity index is 1.34. The molecule has 0 radical (unpaired) electrons. The second-order valence-electron chi connectivity index (χ2n) is 15.5. The summed E-state index contributed by atoms with van der Waals surface area (Å²) in [5, 5.41) is 9.69. The number of rotatable bonds is 2. The van der Waals surface area contributed by atoms with Gasteiger partial charge >= 0.3 is 0 Å². The average molecular weight is 575 g/mol. The molecule has 0 spiro atoms. The normalized spacial score (nSPS) is 29.4. The molecule has 0 aliphatic carbocycles. The molecule has 3 fully saturated rings. The lowest BCUT2D eigenvalue weighted by Gasteiger charge is -2.65. The maximum atomic E-state index is 4.02. The highest BCUT2D eigenvalue weighted by molar-refractivity contribution is 6.22. The van der Waals surface area contributed by atoms with Gasteiger partial charge in [-0.3, -0.25) is 4.90 Å². The lowest BCUT2D eigenvalue weighted by Crippen LogP contribution is -2.66. The number of benzene rings is 5. The number of piperidine rings is 2. The Morgan fingerprint density at radius 1 is 0.636 bits per heavy atom. The van der Waals surface area contributed by atoms with Crippen molar-refractivity contribution in [3.8, 4) is 22.3 Å². The largest absolute Gasteiger partial charge is 0.303 e. The van der Waals surface area contributed by atoms with Crippen molar-refractivity contribution < 1.29 is 0 Å². The Morgan fingerprint density at radius 3 is 1.70 bits per heavy atom. The zero-order valence-corrected chi connectivity index (χ0v) is 26.9. The zero-order valence-electron chi connectivity index (χ0n) is 26.9. The van der Waals surface area contributed by atoms with Crippen molar-refractivity contribution in [1.29, 1.82) is 0 Å². The van der Waals surface area contributed by atoms with Gasteiger partial charge in [0.25, 0.3) is 0 Å². The first-order valence-electron chi connectivity index (χ1n) is 17.0. The summed E-state index contributed by atoms with van der Waals surface area (Å²) >= 11 is 0. The third-order valence-electron chi connectivity index (χ3n) is 12.8. The molecule has 6 unspecified atom stereocenters. The molecule has 5 aliphatic heterocycles. The van der Waals surface area contributed by atoms with Crippen molar-refractivity contribution in [1.82, 2.24) is 10.2 Å². The molecular weight excluding hydrogens is 532 g/mol. The Morgan fingerprint density at radius 2 is 1.14 bits per heavy atom. The number of nitrogens with zero attached hydrogens (tertiary/aromatic N) is 1. The first kappa shape index (κ1) is 25.8. The van der Waals surface area contributed by atoms with Crippen LogP contribution >= 0.6 is 0 Å². The molecule has 5 aromatic rings. The van der Waals surface area contributed by atoms with Gasteiger partial charge in [-0.25, -0.2) is 0 Å². The topological polar surface area (TPSA) is 15.3 Å². The van der Waals surface area contributed by atoms with E-state index >= 15 is 0 Å². The minimum atomic E-state index is 0.415. The lowest BCUT2D eigenvalue weighted by atomic mass is 9.68. The van der Waals surface area contributed by atoms with Crippen LogP contribution in [0.4, 0.5) is 0 Å². The smallest absolute Gasteiger partial charge is 0.0386 e. The molecule has 2 heteroatoms. The summed E-state index contributed by atoms with van der Waals surface area (Å²) in [6.45, 7) is 14.1. The fraction of sp³-hybridized carbons (Fsp3) is 0.381. The molecule has 10 rings (SSSR count). The van der Waals surface area contributed by atoms with Crippen LogP contribution in [0.15, 0.2) is 60.7 Å². The van der Waals surface area contributed by atoms with Crippen molar-refractivity contribution in [3.05, 3.63) is 105 Å². The first-order chi connectivity index (χ1) is 21.2. The summed E-state index contributed by atoms with van der Waals surface area (Å²) in [5.74, 6) is 0.747. The highest BCUT2D eigenvalue weighted by Gasteiger charge is 2.65. The van der Waals surface area contributed by atoms with E-state index in [1.165, 1.54) is 97.3 Å². The summed E-state index contributed by atoms with van der Waals surface area (Å²) in [6, 6.07) is 26.6. The van der Waals surface area contributed by atoms with Crippen LogP contribution in [0, 0.1) is 33.6 Å². The van der Waals surface area contributed by atoms with E-state index in [2.05, 4.69) is 112 Å². The maximum Gasteiger partial charge on any atom is 0.0386 e. The van der Waals surface area contributed by atoms with Gasteiger partial charge < -0.3 is 5.32 Å². The minimum absolute atomic E-state index is 0.415. The van der Waals surface area contributed by atoms with E-state index in [9.17, 15) is 0 Å². The van der Waals surface area contributed by atoms with Crippen molar-refractivity contribution in [3.63, 3.8) is 0 Å². The van der Waals surface area contributed by atoms with Gasteiger partial charge in [-0.15, -0.1) is 0 Å². The number of fused-ring (bicyclic) bond motifs is 10. The Bertz CT molecular complexity index is 1920. The molecule has 0 amide bonds. The van der Waals surface area contributed by atoms with Gasteiger partial charge in [-0.2, -0.15) is 0 Å². The average Bonchev–Trinajstić information content (AvgIpc) is 3.32. The molecular formula is C42H42N2. The Hall–Kier alpha value is -3.46. The van der Waals surface area contributed by atoms with Gasteiger partial charge in [-0.1, -0.05) is 67.6 Å². The van der Waals surface area contributed by atoms with Crippen molar-refractivity contribution >= 4 is 21.5 Å². The number of aryl methyl sites for hydroxylation is 4. The standard InChI is InChI=1S/C42H42N2/c1-21-13-34-26-9-7-11-28(40(26)35(14-21)43-34)38-30-15-22(2)24(4)17-32(30)39(33-18-25(5)23(3)16-31(33)38)29-12-8-10-27-36-19-42(6)20-37(41(27)29)44(36)42/h7-12,15-18,21,34-37,43H,13-14,19-20H2,1-6H3. The SMILES string of the molecule is Cc1cc2c(-c3cccc4c3C3CC(C)CC4N3)c3cc(C)c(C)cc3c(-c3cccc4c3C3CC5(C)CC4N35)c2cc1C. The van der Waals surface area contributed by atoms with Crippen molar-refractivity contribution in [2.75, 3.05) is 0 Å². The third kappa shape index (κ3) is 3.09. The predicted molar refractivity (Wildman–Crippen MR) is 183 cm³/mol. The highest BCUT2D eigenvalue weighted by atomic mass is 15.4. The number of hydrogen-bond acceptors (Lipinski definition) is 2. The lowest BCUT2D eigenvalue weighted by molar-refractivity contribution is -0.177. The van der Waals surface area contributed by atoms with Crippen LogP contribution < -0.4 is 5.32 Å². The molecule has 0 saturated carbocycles. The molecule has 2 bridgehead atoms. The van der Waals surface area contributed by atoms with E-state index in [0.717, 1.165) is 5.92 Å². The molecule has 3 saturated heterocycles. The molecule has 5 aliphatic rings.